The summed E-state index contributed by atoms with van der Waals surface area (Å²) in [6.07, 6.45) is 0.405. The summed E-state index contributed by atoms with van der Waals surface area (Å²) in [5.41, 5.74) is 1.18. The van der Waals surface area contributed by atoms with Crippen molar-refractivity contribution in [2.24, 2.45) is 0 Å². The standard InChI is InChI=1S/C20H27N5O3S/c1-3-25-17(14-16-8-6-5-7-9-16)21-22-19(25)29-15-18(26)23-10-12-24(13-11-23)20(27)28-4-2/h5-9H,3-4,10-15H2,1-2H3. The third-order valence-corrected chi connectivity index (χ3v) is 5.75. The molecule has 0 N–H and O–H groups in total. The van der Waals surface area contributed by atoms with E-state index < -0.39 is 0 Å². The van der Waals surface area contributed by atoms with Gasteiger partial charge in [0.25, 0.3) is 0 Å². The van der Waals surface area contributed by atoms with Crippen LogP contribution < -0.4 is 0 Å². The molecule has 1 aliphatic heterocycles. The Bertz CT molecular complexity index is 819. The molecule has 0 unspecified atom stereocenters. The molecule has 0 bridgehead atoms. The normalized spacial score (nSPS) is 14.1. The van der Waals surface area contributed by atoms with Gasteiger partial charge in [-0.2, -0.15) is 0 Å². The molecule has 0 saturated carbocycles. The molecule has 1 aliphatic rings. The number of amides is 2. The minimum atomic E-state index is -0.309. The van der Waals surface area contributed by atoms with Gasteiger partial charge in [-0.1, -0.05) is 42.1 Å². The molecule has 2 heterocycles. The van der Waals surface area contributed by atoms with Crippen LogP contribution in [-0.2, 0) is 22.5 Å². The van der Waals surface area contributed by atoms with Crippen LogP contribution in [0.5, 0.6) is 0 Å². The van der Waals surface area contributed by atoms with E-state index in [1.807, 2.05) is 18.2 Å². The van der Waals surface area contributed by atoms with Crippen LogP contribution in [0.15, 0.2) is 35.5 Å². The number of ether oxygens (including phenoxy) is 1. The van der Waals surface area contributed by atoms with Gasteiger partial charge in [0.1, 0.15) is 5.82 Å². The fourth-order valence-corrected chi connectivity index (χ4v) is 4.15. The molecule has 9 heteroatoms. The van der Waals surface area contributed by atoms with Gasteiger partial charge in [0.2, 0.25) is 5.91 Å². The van der Waals surface area contributed by atoms with Gasteiger partial charge in [-0.25, -0.2) is 4.79 Å². The van der Waals surface area contributed by atoms with Crippen molar-refractivity contribution in [2.75, 3.05) is 38.5 Å². The number of rotatable bonds is 7. The van der Waals surface area contributed by atoms with Crippen LogP contribution in [0.1, 0.15) is 25.2 Å². The molecule has 2 amide bonds. The van der Waals surface area contributed by atoms with Crippen LogP contribution in [0.4, 0.5) is 4.79 Å². The summed E-state index contributed by atoms with van der Waals surface area (Å²) < 4.78 is 7.07. The van der Waals surface area contributed by atoms with Crippen molar-refractivity contribution >= 4 is 23.8 Å². The van der Waals surface area contributed by atoms with E-state index in [1.165, 1.54) is 17.3 Å². The molecule has 8 nitrogen and oxygen atoms in total. The Morgan fingerprint density at radius 2 is 1.72 bits per heavy atom. The fourth-order valence-electron chi connectivity index (χ4n) is 3.22. The van der Waals surface area contributed by atoms with Crippen molar-refractivity contribution in [2.45, 2.75) is 32.0 Å². The highest BCUT2D eigenvalue weighted by molar-refractivity contribution is 7.99. The number of carbonyl (C=O) groups excluding carboxylic acids is 2. The highest BCUT2D eigenvalue weighted by Gasteiger charge is 2.25. The molecular formula is C20H27N5O3S. The molecule has 0 radical (unpaired) electrons. The largest absolute Gasteiger partial charge is 0.450 e. The molecule has 29 heavy (non-hydrogen) atoms. The Hall–Kier alpha value is -2.55. The van der Waals surface area contributed by atoms with Crippen molar-refractivity contribution in [1.29, 1.82) is 0 Å². The Kier molecular flexibility index (Phi) is 7.51. The average molecular weight is 418 g/mol. The molecule has 1 fully saturated rings. The zero-order valence-corrected chi connectivity index (χ0v) is 17.7. The Morgan fingerprint density at radius 1 is 1.03 bits per heavy atom. The first-order chi connectivity index (χ1) is 14.1. The predicted molar refractivity (Wildman–Crippen MR) is 111 cm³/mol. The molecule has 0 aliphatic carbocycles. The lowest BCUT2D eigenvalue weighted by Crippen LogP contribution is -2.51. The Labute approximate surface area is 175 Å². The van der Waals surface area contributed by atoms with E-state index in [9.17, 15) is 9.59 Å². The van der Waals surface area contributed by atoms with Gasteiger partial charge >= 0.3 is 6.09 Å². The number of aromatic nitrogens is 3. The van der Waals surface area contributed by atoms with Gasteiger partial charge in [-0.05, 0) is 19.4 Å². The van der Waals surface area contributed by atoms with E-state index in [0.29, 0.717) is 45.0 Å². The maximum Gasteiger partial charge on any atom is 0.409 e. The van der Waals surface area contributed by atoms with E-state index >= 15 is 0 Å². The van der Waals surface area contributed by atoms with E-state index in [4.69, 9.17) is 4.74 Å². The second kappa shape index (κ2) is 10.3. The van der Waals surface area contributed by atoms with E-state index in [2.05, 4.69) is 33.8 Å². The number of nitrogens with zero attached hydrogens (tertiary/aromatic N) is 5. The lowest BCUT2D eigenvalue weighted by atomic mass is 10.1. The van der Waals surface area contributed by atoms with E-state index in [1.54, 1.807) is 16.7 Å². The van der Waals surface area contributed by atoms with Crippen LogP contribution in [0.2, 0.25) is 0 Å². The van der Waals surface area contributed by atoms with Crippen molar-refractivity contribution in [3.63, 3.8) is 0 Å². The van der Waals surface area contributed by atoms with Gasteiger partial charge in [0.05, 0.1) is 12.4 Å². The summed E-state index contributed by atoms with van der Waals surface area (Å²) >= 11 is 1.41. The molecule has 1 aromatic heterocycles. The van der Waals surface area contributed by atoms with Crippen molar-refractivity contribution < 1.29 is 14.3 Å². The molecule has 2 aromatic rings. The van der Waals surface area contributed by atoms with Crippen LogP contribution in [0.3, 0.4) is 0 Å². The van der Waals surface area contributed by atoms with Crippen molar-refractivity contribution in [3.8, 4) is 0 Å². The first kappa shape index (κ1) is 21.2. The minimum absolute atomic E-state index is 0.0498. The highest BCUT2D eigenvalue weighted by Crippen LogP contribution is 2.20. The van der Waals surface area contributed by atoms with Gasteiger partial charge in [0.15, 0.2) is 5.16 Å². The molecule has 1 aromatic carbocycles. The lowest BCUT2D eigenvalue weighted by molar-refractivity contribution is -0.129. The van der Waals surface area contributed by atoms with Crippen LogP contribution in [0, 0.1) is 0 Å². The van der Waals surface area contributed by atoms with Gasteiger partial charge in [-0.15, -0.1) is 10.2 Å². The molecule has 3 rings (SSSR count). The molecule has 0 spiro atoms. The maximum absolute atomic E-state index is 12.6. The Morgan fingerprint density at radius 3 is 2.38 bits per heavy atom. The summed E-state index contributed by atoms with van der Waals surface area (Å²) in [6, 6.07) is 10.2. The summed E-state index contributed by atoms with van der Waals surface area (Å²) in [5.74, 6) is 1.26. The van der Waals surface area contributed by atoms with Gasteiger partial charge in [-0.3, -0.25) is 4.79 Å². The smallest absolute Gasteiger partial charge is 0.409 e. The van der Waals surface area contributed by atoms with Crippen LogP contribution in [-0.4, -0.2) is 75.1 Å². The first-order valence-electron chi connectivity index (χ1n) is 9.90. The minimum Gasteiger partial charge on any atom is -0.450 e. The first-order valence-corrected chi connectivity index (χ1v) is 10.9. The van der Waals surface area contributed by atoms with Gasteiger partial charge in [0, 0.05) is 39.1 Å². The zero-order chi connectivity index (χ0) is 20.6. The number of hydrogen-bond donors (Lipinski definition) is 0. The summed E-state index contributed by atoms with van der Waals surface area (Å²) in [7, 11) is 0. The second-order valence-electron chi connectivity index (χ2n) is 6.66. The summed E-state index contributed by atoms with van der Waals surface area (Å²) in [4.78, 5) is 27.8. The van der Waals surface area contributed by atoms with Crippen molar-refractivity contribution in [1.82, 2.24) is 24.6 Å². The van der Waals surface area contributed by atoms with E-state index in [0.717, 1.165) is 17.5 Å². The monoisotopic (exact) mass is 417 g/mol. The third kappa shape index (κ3) is 5.50. The molecule has 1 saturated heterocycles. The number of carbonyl (C=O) groups is 2. The zero-order valence-electron chi connectivity index (χ0n) is 16.9. The van der Waals surface area contributed by atoms with Crippen molar-refractivity contribution in [3.05, 3.63) is 41.7 Å². The van der Waals surface area contributed by atoms with Crippen LogP contribution in [0.25, 0.3) is 0 Å². The SMILES string of the molecule is CCOC(=O)N1CCN(C(=O)CSc2nnc(Cc3ccccc3)n2CC)CC1. The second-order valence-corrected chi connectivity index (χ2v) is 7.60. The molecule has 156 valence electrons. The summed E-state index contributed by atoms with van der Waals surface area (Å²) in [5, 5.41) is 9.38. The highest BCUT2D eigenvalue weighted by atomic mass is 32.2. The third-order valence-electron chi connectivity index (χ3n) is 4.80. The maximum atomic E-state index is 12.6. The number of hydrogen-bond acceptors (Lipinski definition) is 6. The van der Waals surface area contributed by atoms with E-state index in [-0.39, 0.29) is 12.0 Å². The van der Waals surface area contributed by atoms with Gasteiger partial charge < -0.3 is 19.1 Å². The lowest BCUT2D eigenvalue weighted by Gasteiger charge is -2.34. The number of benzene rings is 1. The number of piperazine rings is 1. The molecular weight excluding hydrogens is 390 g/mol. The Balaban J connectivity index is 1.52. The molecule has 0 atom stereocenters. The number of thioether (sulfide) groups is 1. The van der Waals surface area contributed by atoms with Crippen LogP contribution >= 0.6 is 11.8 Å². The fraction of sp³-hybridized carbons (Fsp3) is 0.500. The summed E-state index contributed by atoms with van der Waals surface area (Å²) in [6.45, 7) is 7.01. The quantitative estimate of drug-likeness (QED) is 0.643. The average Bonchev–Trinajstić information content (AvgIpc) is 3.14. The predicted octanol–water partition coefficient (Wildman–Crippen LogP) is 2.28. The topological polar surface area (TPSA) is 80.6 Å².